The van der Waals surface area contributed by atoms with Crippen LogP contribution < -0.4 is 20.6 Å². The fourth-order valence-corrected chi connectivity index (χ4v) is 4.52. The van der Waals surface area contributed by atoms with E-state index in [1.165, 1.54) is 5.69 Å². The van der Waals surface area contributed by atoms with Crippen molar-refractivity contribution in [1.29, 1.82) is 0 Å². The molecule has 180 valence electrons. The van der Waals surface area contributed by atoms with Gasteiger partial charge in [0, 0.05) is 61.8 Å². The number of carbonyl (C=O) groups excluding carboxylic acids is 1. The average Bonchev–Trinajstić information content (AvgIpc) is 2.87. The molecule has 0 spiro atoms. The van der Waals surface area contributed by atoms with Crippen LogP contribution in [0.3, 0.4) is 0 Å². The Morgan fingerprint density at radius 3 is 2.59 bits per heavy atom. The number of fused-ring (bicyclic) bond motifs is 1. The highest BCUT2D eigenvalue weighted by atomic mass is 16.5. The van der Waals surface area contributed by atoms with Crippen LogP contribution in [0.5, 0.6) is 5.75 Å². The zero-order valence-electron chi connectivity index (χ0n) is 20.0. The first-order valence-corrected chi connectivity index (χ1v) is 11.9. The van der Waals surface area contributed by atoms with Crippen molar-refractivity contribution in [2.45, 2.75) is 26.2 Å². The van der Waals surface area contributed by atoms with Crippen LogP contribution >= 0.6 is 0 Å². The molecule has 2 heterocycles. The normalized spacial score (nSPS) is 14.4. The number of nitrogens with zero attached hydrogens (tertiary/aromatic N) is 2. The van der Waals surface area contributed by atoms with Gasteiger partial charge in [0.25, 0.3) is 0 Å². The quantitative estimate of drug-likeness (QED) is 0.387. The van der Waals surface area contributed by atoms with E-state index in [4.69, 9.17) is 9.15 Å². The summed E-state index contributed by atoms with van der Waals surface area (Å²) in [6.45, 7) is 7.63. The number of ether oxygens (including phenoxy) is 1. The molecule has 0 saturated carbocycles. The second-order valence-electron chi connectivity index (χ2n) is 8.72. The summed E-state index contributed by atoms with van der Waals surface area (Å²) < 4.78 is 10.7. The number of hydrogen-bond donors (Lipinski definition) is 1. The van der Waals surface area contributed by atoms with Crippen LogP contribution in [0.25, 0.3) is 11.0 Å². The van der Waals surface area contributed by atoms with Crippen LogP contribution in [0.4, 0.5) is 5.69 Å². The summed E-state index contributed by atoms with van der Waals surface area (Å²) in [5.74, 6) is 0.600. The minimum atomic E-state index is -0.388. The first-order valence-electron chi connectivity index (χ1n) is 11.9. The minimum Gasteiger partial charge on any atom is -0.497 e. The first-order chi connectivity index (χ1) is 16.5. The molecule has 1 aromatic heterocycles. The third kappa shape index (κ3) is 5.78. The number of para-hydroxylation sites is 1. The van der Waals surface area contributed by atoms with Crippen molar-refractivity contribution in [1.82, 2.24) is 10.2 Å². The Balaban J connectivity index is 1.19. The fraction of sp³-hybridized carbons (Fsp3) is 0.407. The smallest absolute Gasteiger partial charge is 0.339 e. The number of benzene rings is 2. The molecule has 7 nitrogen and oxygen atoms in total. The molecular weight excluding hydrogens is 430 g/mol. The summed E-state index contributed by atoms with van der Waals surface area (Å²) in [6.07, 6.45) is 1.54. The van der Waals surface area contributed by atoms with Crippen LogP contribution in [0.2, 0.25) is 0 Å². The average molecular weight is 464 g/mol. The lowest BCUT2D eigenvalue weighted by Gasteiger charge is -2.36. The largest absolute Gasteiger partial charge is 0.497 e. The lowest BCUT2D eigenvalue weighted by molar-refractivity contribution is -0.121. The Morgan fingerprint density at radius 1 is 1.09 bits per heavy atom. The Morgan fingerprint density at radius 2 is 1.85 bits per heavy atom. The molecular formula is C27H33N3O4. The Bertz CT molecular complexity index is 1170. The van der Waals surface area contributed by atoms with E-state index in [1.54, 1.807) is 13.2 Å². The van der Waals surface area contributed by atoms with Crippen molar-refractivity contribution >= 4 is 22.6 Å². The van der Waals surface area contributed by atoms with Crippen molar-refractivity contribution in [2.24, 2.45) is 0 Å². The summed E-state index contributed by atoms with van der Waals surface area (Å²) in [5, 5.41) is 3.86. The topological polar surface area (TPSA) is 75.0 Å². The third-order valence-corrected chi connectivity index (χ3v) is 6.56. The van der Waals surface area contributed by atoms with Gasteiger partial charge in [-0.05, 0) is 56.1 Å². The molecule has 0 atom stereocenters. The molecule has 1 aliphatic rings. The van der Waals surface area contributed by atoms with Gasteiger partial charge < -0.3 is 19.4 Å². The molecule has 1 saturated heterocycles. The Labute approximate surface area is 200 Å². The van der Waals surface area contributed by atoms with Crippen molar-refractivity contribution < 1.29 is 13.9 Å². The van der Waals surface area contributed by atoms with Gasteiger partial charge >= 0.3 is 5.63 Å². The second-order valence-corrected chi connectivity index (χ2v) is 8.72. The highest BCUT2D eigenvalue weighted by Crippen LogP contribution is 2.24. The molecule has 0 radical (unpaired) electrons. The lowest BCUT2D eigenvalue weighted by Crippen LogP contribution is -2.47. The van der Waals surface area contributed by atoms with E-state index in [0.717, 1.165) is 50.1 Å². The minimum absolute atomic E-state index is 0.0393. The molecule has 2 aromatic carbocycles. The number of carbonyl (C=O) groups is 1. The van der Waals surface area contributed by atoms with E-state index in [-0.39, 0.29) is 18.0 Å². The molecule has 3 aromatic rings. The van der Waals surface area contributed by atoms with E-state index in [2.05, 4.69) is 39.4 Å². The lowest BCUT2D eigenvalue weighted by atomic mass is 10.0. The molecule has 0 bridgehead atoms. The molecule has 0 unspecified atom stereocenters. The highest BCUT2D eigenvalue weighted by molar-refractivity contribution is 5.82. The number of rotatable bonds is 9. The zero-order chi connectivity index (χ0) is 23.9. The number of nitrogens with one attached hydrogen (secondary N) is 1. The van der Waals surface area contributed by atoms with Gasteiger partial charge in [-0.25, -0.2) is 4.79 Å². The number of amides is 1. The number of hydrogen-bond acceptors (Lipinski definition) is 6. The van der Waals surface area contributed by atoms with Gasteiger partial charge in [0.05, 0.1) is 7.11 Å². The van der Waals surface area contributed by atoms with Crippen molar-refractivity contribution in [3.63, 3.8) is 0 Å². The highest BCUT2D eigenvalue weighted by Gasteiger charge is 2.17. The zero-order valence-corrected chi connectivity index (χ0v) is 20.0. The van der Waals surface area contributed by atoms with E-state index >= 15 is 0 Å². The van der Waals surface area contributed by atoms with E-state index < -0.39 is 0 Å². The van der Waals surface area contributed by atoms with Crippen molar-refractivity contribution in [3.8, 4) is 5.75 Å². The van der Waals surface area contributed by atoms with Crippen LogP contribution in [-0.2, 0) is 11.2 Å². The van der Waals surface area contributed by atoms with E-state index in [1.807, 2.05) is 25.1 Å². The standard InChI is InChI=1S/C27H33N3O4/c1-20-23-10-9-22(33-2)19-25(23)34-27(32)24(20)11-12-26(31)28-13-6-14-29-15-17-30(18-16-29)21-7-4-3-5-8-21/h3-5,7-10,19H,6,11-18H2,1-2H3,(H,28,31). The molecule has 34 heavy (non-hydrogen) atoms. The molecule has 7 heteroatoms. The monoisotopic (exact) mass is 463 g/mol. The summed E-state index contributed by atoms with van der Waals surface area (Å²) in [4.78, 5) is 29.7. The van der Waals surface area contributed by atoms with Crippen LogP contribution in [-0.4, -0.2) is 57.2 Å². The fourth-order valence-electron chi connectivity index (χ4n) is 4.52. The second kappa shape index (κ2) is 11.2. The number of aryl methyl sites for hydroxylation is 1. The Kier molecular flexibility index (Phi) is 7.85. The summed E-state index contributed by atoms with van der Waals surface area (Å²) in [5.41, 5.74) is 2.81. The number of piperazine rings is 1. The molecule has 1 N–H and O–H groups in total. The SMILES string of the molecule is COc1ccc2c(C)c(CCC(=O)NCCCN3CCN(c4ccccc4)CC3)c(=O)oc2c1. The van der Waals surface area contributed by atoms with E-state index in [9.17, 15) is 9.59 Å². The van der Waals surface area contributed by atoms with Gasteiger partial charge in [0.1, 0.15) is 11.3 Å². The van der Waals surface area contributed by atoms with Gasteiger partial charge in [-0.2, -0.15) is 0 Å². The molecule has 4 rings (SSSR count). The van der Waals surface area contributed by atoms with Gasteiger partial charge in [0.2, 0.25) is 5.91 Å². The molecule has 1 amide bonds. The van der Waals surface area contributed by atoms with E-state index in [0.29, 0.717) is 29.9 Å². The maximum absolute atomic E-state index is 12.5. The number of methoxy groups -OCH3 is 1. The number of anilines is 1. The summed E-state index contributed by atoms with van der Waals surface area (Å²) in [7, 11) is 1.57. The first kappa shape index (κ1) is 23.8. The maximum atomic E-state index is 12.5. The Hall–Kier alpha value is -3.32. The van der Waals surface area contributed by atoms with Crippen molar-refractivity contribution in [2.75, 3.05) is 51.3 Å². The van der Waals surface area contributed by atoms with Crippen LogP contribution in [0.15, 0.2) is 57.7 Å². The molecule has 1 fully saturated rings. The predicted molar refractivity (Wildman–Crippen MR) is 135 cm³/mol. The van der Waals surface area contributed by atoms with Gasteiger partial charge in [-0.3, -0.25) is 9.69 Å². The van der Waals surface area contributed by atoms with Crippen LogP contribution in [0.1, 0.15) is 24.0 Å². The van der Waals surface area contributed by atoms with Crippen LogP contribution in [0, 0.1) is 6.92 Å². The maximum Gasteiger partial charge on any atom is 0.339 e. The van der Waals surface area contributed by atoms with Gasteiger partial charge in [0.15, 0.2) is 0 Å². The van der Waals surface area contributed by atoms with Crippen molar-refractivity contribution in [3.05, 3.63) is 70.1 Å². The van der Waals surface area contributed by atoms with Gasteiger partial charge in [-0.15, -0.1) is 0 Å². The molecule has 1 aliphatic heterocycles. The third-order valence-electron chi connectivity index (χ3n) is 6.56. The predicted octanol–water partition coefficient (Wildman–Crippen LogP) is 3.37. The summed E-state index contributed by atoms with van der Waals surface area (Å²) >= 11 is 0. The van der Waals surface area contributed by atoms with Gasteiger partial charge in [-0.1, -0.05) is 18.2 Å². The molecule has 0 aliphatic carbocycles. The summed E-state index contributed by atoms with van der Waals surface area (Å²) in [6, 6.07) is 16.0.